The molecule has 0 radical (unpaired) electrons. The van der Waals surface area contributed by atoms with Gasteiger partial charge in [-0.1, -0.05) is 42.8 Å². The van der Waals surface area contributed by atoms with E-state index in [4.69, 9.17) is 0 Å². The molecule has 0 spiro atoms. The van der Waals surface area contributed by atoms with E-state index in [9.17, 15) is 9.18 Å². The highest BCUT2D eigenvalue weighted by Crippen LogP contribution is 2.27. The molecule has 1 saturated heterocycles. The second kappa shape index (κ2) is 9.92. The fraction of sp³-hybridized carbons (Fsp3) is 0.308. The molecule has 1 fully saturated rings. The largest absolute Gasteiger partial charge is 0.360 e. The van der Waals surface area contributed by atoms with Crippen molar-refractivity contribution in [3.63, 3.8) is 0 Å². The van der Waals surface area contributed by atoms with Gasteiger partial charge in [0.2, 0.25) is 0 Å². The van der Waals surface area contributed by atoms with Crippen molar-refractivity contribution in [1.29, 1.82) is 0 Å². The van der Waals surface area contributed by atoms with Crippen molar-refractivity contribution < 1.29 is 9.18 Å². The molecule has 1 N–H and O–H groups in total. The van der Waals surface area contributed by atoms with Crippen LogP contribution in [0.3, 0.4) is 0 Å². The van der Waals surface area contributed by atoms with E-state index in [2.05, 4.69) is 27.3 Å². The Balaban J connectivity index is 1.60. The number of carbonyl (C=O) groups excluding carboxylic acids is 1. The minimum absolute atomic E-state index is 0.235. The number of hydrogen-bond acceptors (Lipinski definition) is 4. The Kier molecular flexibility index (Phi) is 6.81. The lowest BCUT2D eigenvalue weighted by molar-refractivity contribution is 0.102. The number of halogens is 1. The number of benzene rings is 2. The molecule has 166 valence electrons. The molecule has 2 aromatic carbocycles. The topological polar surface area (TPSA) is 48.5 Å². The zero-order valence-corrected chi connectivity index (χ0v) is 18.6. The van der Waals surface area contributed by atoms with Gasteiger partial charge in [0.25, 0.3) is 5.91 Å². The second-order valence-electron chi connectivity index (χ2n) is 8.45. The lowest BCUT2D eigenvalue weighted by Gasteiger charge is -2.27. The van der Waals surface area contributed by atoms with Crippen LogP contribution in [0.4, 0.5) is 15.9 Å². The van der Waals surface area contributed by atoms with Gasteiger partial charge in [-0.15, -0.1) is 0 Å². The molecule has 0 atom stereocenters. The molecule has 1 aliphatic rings. The summed E-state index contributed by atoms with van der Waals surface area (Å²) >= 11 is 0. The van der Waals surface area contributed by atoms with E-state index >= 15 is 0 Å². The van der Waals surface area contributed by atoms with Gasteiger partial charge in [0.1, 0.15) is 0 Å². The van der Waals surface area contributed by atoms with Crippen LogP contribution in [0.2, 0.25) is 0 Å². The zero-order chi connectivity index (χ0) is 22.5. The molecule has 6 heteroatoms. The van der Waals surface area contributed by atoms with E-state index in [1.807, 2.05) is 36.4 Å². The number of hydrogen-bond donors (Lipinski definition) is 1. The monoisotopic (exact) mass is 432 g/mol. The van der Waals surface area contributed by atoms with Crippen LogP contribution in [-0.4, -0.2) is 43.0 Å². The third-order valence-electron chi connectivity index (χ3n) is 5.80. The van der Waals surface area contributed by atoms with Crippen molar-refractivity contribution in [1.82, 2.24) is 9.88 Å². The van der Waals surface area contributed by atoms with Gasteiger partial charge in [0, 0.05) is 32.3 Å². The van der Waals surface area contributed by atoms with E-state index in [-0.39, 0.29) is 11.7 Å². The lowest BCUT2D eigenvalue weighted by Crippen LogP contribution is -2.29. The van der Waals surface area contributed by atoms with Gasteiger partial charge in [-0.05, 0) is 54.8 Å². The average Bonchev–Trinajstić information content (AvgIpc) is 2.80. The molecular weight excluding hydrogens is 403 g/mol. The SMILES string of the molecule is CN(C)c1ncc(NC(=O)c2ccc(-c3ccccc3)c(CN3CCCCC3)c2)cc1F. The van der Waals surface area contributed by atoms with Gasteiger partial charge in [-0.3, -0.25) is 9.69 Å². The average molecular weight is 433 g/mol. The van der Waals surface area contributed by atoms with Gasteiger partial charge in [-0.25, -0.2) is 9.37 Å². The number of nitrogens with one attached hydrogen (secondary N) is 1. The summed E-state index contributed by atoms with van der Waals surface area (Å²) in [6.45, 7) is 2.96. The number of pyridine rings is 1. The summed E-state index contributed by atoms with van der Waals surface area (Å²) in [5.74, 6) is -0.514. The number of amides is 1. The molecule has 4 rings (SSSR count). The predicted octanol–water partition coefficient (Wildman–Crippen LogP) is 5.19. The smallest absolute Gasteiger partial charge is 0.255 e. The van der Waals surface area contributed by atoms with Crippen molar-refractivity contribution in [3.8, 4) is 11.1 Å². The van der Waals surface area contributed by atoms with Crippen molar-refractivity contribution in [2.75, 3.05) is 37.4 Å². The maximum Gasteiger partial charge on any atom is 0.255 e. The van der Waals surface area contributed by atoms with Crippen LogP contribution < -0.4 is 10.2 Å². The first-order valence-electron chi connectivity index (χ1n) is 11.1. The minimum atomic E-state index is -0.474. The number of aromatic nitrogens is 1. The molecule has 1 aromatic heterocycles. The fourth-order valence-corrected chi connectivity index (χ4v) is 4.15. The highest BCUT2D eigenvalue weighted by Gasteiger charge is 2.17. The molecule has 32 heavy (non-hydrogen) atoms. The van der Waals surface area contributed by atoms with E-state index < -0.39 is 5.82 Å². The number of carbonyl (C=O) groups is 1. The fourth-order valence-electron chi connectivity index (χ4n) is 4.15. The Morgan fingerprint density at radius 2 is 1.81 bits per heavy atom. The van der Waals surface area contributed by atoms with E-state index in [1.54, 1.807) is 19.0 Å². The van der Waals surface area contributed by atoms with Crippen LogP contribution in [0, 0.1) is 5.82 Å². The van der Waals surface area contributed by atoms with Gasteiger partial charge >= 0.3 is 0 Å². The zero-order valence-electron chi connectivity index (χ0n) is 18.6. The summed E-state index contributed by atoms with van der Waals surface area (Å²) in [5, 5.41) is 2.78. The first kappa shape index (κ1) is 22.0. The minimum Gasteiger partial charge on any atom is -0.360 e. The maximum atomic E-state index is 14.3. The molecule has 0 saturated carbocycles. The number of piperidine rings is 1. The summed E-state index contributed by atoms with van der Waals surface area (Å²) in [6.07, 6.45) is 5.18. The predicted molar refractivity (Wildman–Crippen MR) is 127 cm³/mol. The highest BCUT2D eigenvalue weighted by molar-refractivity contribution is 6.04. The van der Waals surface area contributed by atoms with Crippen LogP contribution in [0.5, 0.6) is 0 Å². The number of likely N-dealkylation sites (tertiary alicyclic amines) is 1. The Morgan fingerprint density at radius 1 is 1.06 bits per heavy atom. The molecule has 0 bridgehead atoms. The van der Waals surface area contributed by atoms with Crippen molar-refractivity contribution in [2.24, 2.45) is 0 Å². The summed E-state index contributed by atoms with van der Waals surface area (Å²) in [6, 6.07) is 17.3. The molecule has 0 unspecified atom stereocenters. The Hall–Kier alpha value is -3.25. The molecule has 1 amide bonds. The van der Waals surface area contributed by atoms with E-state index in [0.717, 1.165) is 36.3 Å². The third kappa shape index (κ3) is 5.14. The van der Waals surface area contributed by atoms with E-state index in [1.165, 1.54) is 31.5 Å². The van der Waals surface area contributed by atoms with Crippen molar-refractivity contribution in [3.05, 3.63) is 77.7 Å². The number of rotatable bonds is 6. The van der Waals surface area contributed by atoms with Gasteiger partial charge in [-0.2, -0.15) is 0 Å². The van der Waals surface area contributed by atoms with Crippen LogP contribution in [-0.2, 0) is 6.54 Å². The normalized spacial score (nSPS) is 14.2. The van der Waals surface area contributed by atoms with Crippen LogP contribution in [0.15, 0.2) is 60.8 Å². The highest BCUT2D eigenvalue weighted by atomic mass is 19.1. The number of anilines is 2. The molecule has 2 heterocycles. The molecule has 5 nitrogen and oxygen atoms in total. The second-order valence-corrected chi connectivity index (χ2v) is 8.45. The number of nitrogens with zero attached hydrogens (tertiary/aromatic N) is 3. The molecule has 1 aliphatic heterocycles. The lowest BCUT2D eigenvalue weighted by atomic mass is 9.96. The summed E-state index contributed by atoms with van der Waals surface area (Å²) in [7, 11) is 3.45. The van der Waals surface area contributed by atoms with Crippen molar-refractivity contribution >= 4 is 17.4 Å². The van der Waals surface area contributed by atoms with Crippen LogP contribution in [0.1, 0.15) is 35.2 Å². The Bertz CT molecular complexity index is 1080. The van der Waals surface area contributed by atoms with Crippen molar-refractivity contribution in [2.45, 2.75) is 25.8 Å². The van der Waals surface area contributed by atoms with E-state index in [0.29, 0.717) is 11.3 Å². The Morgan fingerprint density at radius 3 is 2.50 bits per heavy atom. The van der Waals surface area contributed by atoms with Gasteiger partial charge < -0.3 is 10.2 Å². The van der Waals surface area contributed by atoms with Gasteiger partial charge in [0.15, 0.2) is 11.6 Å². The first-order valence-corrected chi connectivity index (χ1v) is 11.1. The first-order chi connectivity index (χ1) is 15.5. The maximum absolute atomic E-state index is 14.3. The Labute approximate surface area is 188 Å². The molecule has 0 aliphatic carbocycles. The third-order valence-corrected chi connectivity index (χ3v) is 5.80. The standard InChI is InChI=1S/C26H29FN4O/c1-30(2)25-24(27)16-22(17-28-25)29-26(32)20-11-12-23(19-9-5-3-6-10-19)21(15-20)18-31-13-7-4-8-14-31/h3,5-6,9-12,15-17H,4,7-8,13-14,18H2,1-2H3,(H,29,32). The molecule has 3 aromatic rings. The van der Waals surface area contributed by atoms with Crippen LogP contribution in [0.25, 0.3) is 11.1 Å². The summed E-state index contributed by atoms with van der Waals surface area (Å²) in [5.41, 5.74) is 4.28. The van der Waals surface area contributed by atoms with Gasteiger partial charge in [0.05, 0.1) is 11.9 Å². The molecular formula is C26H29FN4O. The summed E-state index contributed by atoms with van der Waals surface area (Å²) < 4.78 is 14.3. The van der Waals surface area contributed by atoms with Crippen LogP contribution >= 0.6 is 0 Å². The summed E-state index contributed by atoms with van der Waals surface area (Å²) in [4.78, 5) is 21.1. The quantitative estimate of drug-likeness (QED) is 0.582.